The Morgan fingerprint density at radius 2 is 1.78 bits per heavy atom. The molecule has 0 bridgehead atoms. The first kappa shape index (κ1) is 29.4. The lowest BCUT2D eigenvalue weighted by Crippen LogP contribution is -2.34. The lowest BCUT2D eigenvalue weighted by atomic mass is 10.1. The lowest BCUT2D eigenvalue weighted by molar-refractivity contribution is -0.123. The second-order valence-electron chi connectivity index (χ2n) is 9.37. The fourth-order valence-corrected chi connectivity index (χ4v) is 4.42. The van der Waals surface area contributed by atoms with Gasteiger partial charge in [0.1, 0.15) is 17.2 Å². The van der Waals surface area contributed by atoms with Gasteiger partial charge in [-0.15, -0.1) is 0 Å². The van der Waals surface area contributed by atoms with E-state index < -0.39 is 0 Å². The van der Waals surface area contributed by atoms with Crippen LogP contribution >= 0.6 is 11.6 Å². The van der Waals surface area contributed by atoms with Crippen molar-refractivity contribution in [3.8, 4) is 17.0 Å². The van der Waals surface area contributed by atoms with Crippen LogP contribution in [0.15, 0.2) is 70.1 Å². The number of nitrogens with zero attached hydrogens (tertiary/aromatic N) is 2. The number of pyridine rings is 1. The molecule has 2 heterocycles. The van der Waals surface area contributed by atoms with Gasteiger partial charge in [-0.1, -0.05) is 47.1 Å². The minimum Gasteiger partial charge on any atom is -0.483 e. The molecule has 2 aromatic carbocycles. The fraction of sp³-hybridized carbons (Fsp3) is 0.267. The minimum atomic E-state index is -0.348. The highest BCUT2D eigenvalue weighted by atomic mass is 35.5. The summed E-state index contributed by atoms with van der Waals surface area (Å²) in [6.07, 6.45) is 1.51. The quantitative estimate of drug-likeness (QED) is 0.233. The number of hydrogen-bond acceptors (Lipinski definition) is 7. The Kier molecular flexibility index (Phi) is 9.81. The third kappa shape index (κ3) is 7.55. The van der Waals surface area contributed by atoms with Gasteiger partial charge in [-0.2, -0.15) is 0 Å². The van der Waals surface area contributed by atoms with Crippen LogP contribution in [0.1, 0.15) is 34.9 Å². The Hall–Kier alpha value is -4.57. The van der Waals surface area contributed by atoms with Gasteiger partial charge in [0.05, 0.1) is 13.0 Å². The number of likely N-dealkylation sites (N-methyl/N-ethyl adjacent to an activating group) is 1. The maximum absolute atomic E-state index is 13.3. The molecule has 41 heavy (non-hydrogen) atoms. The van der Waals surface area contributed by atoms with E-state index in [0.717, 1.165) is 11.1 Å². The molecule has 2 amide bonds. The second kappa shape index (κ2) is 13.7. The van der Waals surface area contributed by atoms with Gasteiger partial charge in [0, 0.05) is 46.6 Å². The molecule has 3 N–H and O–H groups in total. The Morgan fingerprint density at radius 1 is 1.00 bits per heavy atom. The topological polar surface area (TPSA) is 127 Å². The van der Waals surface area contributed by atoms with Crippen molar-refractivity contribution < 1.29 is 18.8 Å². The maximum Gasteiger partial charge on any atom is 0.272 e. The highest BCUT2D eigenvalue weighted by Gasteiger charge is 2.17. The highest BCUT2D eigenvalue weighted by molar-refractivity contribution is 6.30. The van der Waals surface area contributed by atoms with Crippen LogP contribution in [0.3, 0.4) is 0 Å². The number of amides is 2. The summed E-state index contributed by atoms with van der Waals surface area (Å²) in [4.78, 5) is 38.0. The van der Waals surface area contributed by atoms with E-state index in [-0.39, 0.29) is 36.9 Å². The molecule has 0 unspecified atom stereocenters. The van der Waals surface area contributed by atoms with Crippen molar-refractivity contribution in [3.05, 3.63) is 104 Å². The van der Waals surface area contributed by atoms with Crippen LogP contribution in [0.2, 0.25) is 5.02 Å². The molecule has 0 aliphatic heterocycles. The highest BCUT2D eigenvalue weighted by Crippen LogP contribution is 2.25. The SMILES string of the molecule is CCNC(=O)COc1ccc(Cl)cc1CNC(=O)Cc1c(C)ccn(NCc2c(-c3ccccc3)noc2C)c1=O. The summed E-state index contributed by atoms with van der Waals surface area (Å²) in [6.45, 7) is 6.17. The van der Waals surface area contributed by atoms with Crippen LogP contribution in [0, 0.1) is 13.8 Å². The summed E-state index contributed by atoms with van der Waals surface area (Å²) in [5.74, 6) is 0.477. The standard InChI is InChI=1S/C30H32ClN5O5/c1-4-32-28(38)18-40-26-11-10-23(31)14-22(26)16-33-27(37)15-24-19(2)12-13-36(30(24)39)34-17-25-20(3)41-35-29(25)21-8-6-5-7-9-21/h5-14,34H,4,15-18H2,1-3H3,(H,32,38)(H,33,37). The number of carbonyl (C=O) groups excluding carboxylic acids is 2. The summed E-state index contributed by atoms with van der Waals surface area (Å²) in [6, 6.07) is 16.4. The van der Waals surface area contributed by atoms with Crippen LogP contribution in [0.4, 0.5) is 0 Å². The van der Waals surface area contributed by atoms with E-state index in [1.807, 2.05) is 44.2 Å². The van der Waals surface area contributed by atoms with Crippen molar-refractivity contribution in [2.24, 2.45) is 0 Å². The summed E-state index contributed by atoms with van der Waals surface area (Å²) < 4.78 is 12.4. The molecule has 0 saturated carbocycles. The van der Waals surface area contributed by atoms with Gasteiger partial charge in [-0.3, -0.25) is 14.4 Å². The van der Waals surface area contributed by atoms with Gasteiger partial charge in [-0.25, -0.2) is 4.68 Å². The smallest absolute Gasteiger partial charge is 0.272 e. The predicted octanol–water partition coefficient (Wildman–Crippen LogP) is 3.89. The van der Waals surface area contributed by atoms with E-state index in [1.54, 1.807) is 37.4 Å². The van der Waals surface area contributed by atoms with Crippen molar-refractivity contribution in [1.29, 1.82) is 0 Å². The molecule has 0 fully saturated rings. The maximum atomic E-state index is 13.3. The van der Waals surface area contributed by atoms with Crippen LogP contribution in [-0.2, 0) is 29.1 Å². The van der Waals surface area contributed by atoms with Gasteiger partial charge in [0.15, 0.2) is 6.61 Å². The third-order valence-corrected chi connectivity index (χ3v) is 6.69. The third-order valence-electron chi connectivity index (χ3n) is 6.45. The van der Waals surface area contributed by atoms with Crippen molar-refractivity contribution in [2.75, 3.05) is 18.6 Å². The monoisotopic (exact) mass is 577 g/mol. The number of carbonyl (C=O) groups is 2. The molecule has 4 aromatic rings. The average Bonchev–Trinajstić information content (AvgIpc) is 3.33. The summed E-state index contributed by atoms with van der Waals surface area (Å²) >= 11 is 6.15. The zero-order chi connectivity index (χ0) is 29.4. The van der Waals surface area contributed by atoms with Gasteiger partial charge in [0.2, 0.25) is 5.91 Å². The van der Waals surface area contributed by atoms with Crippen LogP contribution in [-0.4, -0.2) is 34.8 Å². The van der Waals surface area contributed by atoms with Crippen molar-refractivity contribution in [2.45, 2.75) is 40.3 Å². The van der Waals surface area contributed by atoms with E-state index in [0.29, 0.717) is 52.0 Å². The van der Waals surface area contributed by atoms with Crippen LogP contribution in [0.5, 0.6) is 5.75 Å². The largest absolute Gasteiger partial charge is 0.483 e. The van der Waals surface area contributed by atoms with Gasteiger partial charge < -0.3 is 25.3 Å². The number of benzene rings is 2. The molecule has 0 radical (unpaired) electrons. The van der Waals surface area contributed by atoms with Crippen molar-refractivity contribution in [3.63, 3.8) is 0 Å². The van der Waals surface area contributed by atoms with E-state index in [1.165, 1.54) is 4.68 Å². The molecule has 11 heteroatoms. The first-order valence-electron chi connectivity index (χ1n) is 13.2. The number of hydrogen-bond donors (Lipinski definition) is 3. The number of aryl methyl sites for hydroxylation is 2. The van der Waals surface area contributed by atoms with Crippen LogP contribution in [0.25, 0.3) is 11.3 Å². The normalized spacial score (nSPS) is 10.7. The predicted molar refractivity (Wildman–Crippen MR) is 156 cm³/mol. The molecule has 2 aromatic heterocycles. The molecule has 0 saturated heterocycles. The molecule has 0 aliphatic rings. The van der Waals surface area contributed by atoms with Gasteiger partial charge >= 0.3 is 0 Å². The average molecular weight is 578 g/mol. The number of rotatable bonds is 12. The molecule has 214 valence electrons. The molecule has 4 rings (SSSR count). The summed E-state index contributed by atoms with van der Waals surface area (Å²) in [5.41, 5.74) is 6.90. The van der Waals surface area contributed by atoms with E-state index in [9.17, 15) is 14.4 Å². The summed E-state index contributed by atoms with van der Waals surface area (Å²) in [5, 5.41) is 10.1. The summed E-state index contributed by atoms with van der Waals surface area (Å²) in [7, 11) is 0. The van der Waals surface area contributed by atoms with E-state index >= 15 is 0 Å². The molecular formula is C30H32ClN5O5. The molecule has 10 nitrogen and oxygen atoms in total. The lowest BCUT2D eigenvalue weighted by Gasteiger charge is -2.14. The first-order chi connectivity index (χ1) is 19.8. The van der Waals surface area contributed by atoms with Crippen molar-refractivity contribution in [1.82, 2.24) is 20.5 Å². The van der Waals surface area contributed by atoms with E-state index in [2.05, 4.69) is 21.2 Å². The van der Waals surface area contributed by atoms with Gasteiger partial charge in [0.25, 0.3) is 11.5 Å². The van der Waals surface area contributed by atoms with Crippen LogP contribution < -0.4 is 26.4 Å². The molecule has 0 aliphatic carbocycles. The number of ether oxygens (including phenoxy) is 1. The van der Waals surface area contributed by atoms with Crippen molar-refractivity contribution >= 4 is 23.4 Å². The Morgan fingerprint density at radius 3 is 2.54 bits per heavy atom. The number of aromatic nitrogens is 2. The van der Waals surface area contributed by atoms with Gasteiger partial charge in [-0.05, 0) is 50.6 Å². The Bertz CT molecular complexity index is 1580. The fourth-order valence-electron chi connectivity index (χ4n) is 4.23. The zero-order valence-corrected chi connectivity index (χ0v) is 23.9. The number of nitrogens with one attached hydrogen (secondary N) is 3. The number of halogens is 1. The molecule has 0 atom stereocenters. The minimum absolute atomic E-state index is 0.109. The first-order valence-corrected chi connectivity index (χ1v) is 13.5. The second-order valence-corrected chi connectivity index (χ2v) is 9.80. The zero-order valence-electron chi connectivity index (χ0n) is 23.1. The van der Waals surface area contributed by atoms with E-state index in [4.69, 9.17) is 20.9 Å². The Balaban J connectivity index is 1.43. The Labute approximate surface area is 242 Å². The molecular weight excluding hydrogens is 546 g/mol. The molecule has 0 spiro atoms.